The fraction of sp³-hybridized carbons (Fsp3) is 0.591. The molecular weight excluding hydrogens is 366 g/mol. The van der Waals surface area contributed by atoms with Gasteiger partial charge in [-0.15, -0.1) is 0 Å². The Hall–Kier alpha value is -2.57. The fourth-order valence-corrected chi connectivity index (χ4v) is 2.81. The van der Waals surface area contributed by atoms with Crippen molar-refractivity contribution in [3.05, 3.63) is 35.4 Å². The molecule has 0 fully saturated rings. The van der Waals surface area contributed by atoms with E-state index in [9.17, 15) is 9.59 Å². The molecule has 1 aromatic rings. The van der Waals surface area contributed by atoms with E-state index in [1.165, 1.54) is 25.7 Å². The molecule has 0 aromatic heterocycles. The monoisotopic (exact) mass is 403 g/mol. The molecule has 0 spiro atoms. The van der Waals surface area contributed by atoms with E-state index >= 15 is 0 Å². The van der Waals surface area contributed by atoms with E-state index < -0.39 is 5.91 Å². The lowest BCUT2D eigenvalue weighted by molar-refractivity contribution is -0.117. The van der Waals surface area contributed by atoms with E-state index in [1.807, 2.05) is 19.1 Å². The van der Waals surface area contributed by atoms with Gasteiger partial charge in [0, 0.05) is 18.7 Å². The quantitative estimate of drug-likeness (QED) is 0.244. The van der Waals surface area contributed by atoms with Crippen molar-refractivity contribution in [2.45, 2.75) is 59.9 Å². The summed E-state index contributed by atoms with van der Waals surface area (Å²) in [6, 6.07) is 7.17. The van der Waals surface area contributed by atoms with Crippen LogP contribution in [0.15, 0.2) is 29.3 Å². The molecule has 0 saturated heterocycles. The lowest BCUT2D eigenvalue weighted by Gasteiger charge is -2.26. The largest absolute Gasteiger partial charge is 0.368 e. The van der Waals surface area contributed by atoms with Crippen molar-refractivity contribution in [3.8, 4) is 0 Å². The number of hydrogen-bond acceptors (Lipinski definition) is 3. The second kappa shape index (κ2) is 12.8. The Labute approximate surface area is 174 Å². The van der Waals surface area contributed by atoms with E-state index in [0.29, 0.717) is 12.1 Å². The van der Waals surface area contributed by atoms with Crippen LogP contribution in [0.1, 0.15) is 69.3 Å². The van der Waals surface area contributed by atoms with Crippen LogP contribution in [0.25, 0.3) is 0 Å². The minimum atomic E-state index is -0.568. The topological polar surface area (TPSA) is 109 Å². The highest BCUT2D eigenvalue weighted by atomic mass is 16.2. The number of rotatable bonds is 12. The van der Waals surface area contributed by atoms with Crippen molar-refractivity contribution in [2.24, 2.45) is 16.1 Å². The molecule has 0 unspecified atom stereocenters. The maximum absolute atomic E-state index is 11.9. The first kappa shape index (κ1) is 24.5. The summed E-state index contributed by atoms with van der Waals surface area (Å²) in [5.74, 6) is -0.0974. The minimum absolute atomic E-state index is 0.169. The first-order valence-electron chi connectivity index (χ1n) is 10.4. The molecule has 0 aliphatic rings. The van der Waals surface area contributed by atoms with Gasteiger partial charge >= 0.3 is 0 Å². The average Bonchev–Trinajstić information content (AvgIpc) is 2.68. The van der Waals surface area contributed by atoms with Gasteiger partial charge in [-0.1, -0.05) is 52.2 Å². The molecule has 0 bridgehead atoms. The molecule has 7 nitrogen and oxygen atoms in total. The van der Waals surface area contributed by atoms with Gasteiger partial charge in [-0.05, 0) is 36.5 Å². The summed E-state index contributed by atoms with van der Waals surface area (Å²) in [6.45, 7) is 10.8. The number of hydrogen-bond donors (Lipinski definition) is 4. The summed E-state index contributed by atoms with van der Waals surface area (Å²) in [5.41, 5.74) is 6.73. The molecule has 0 aliphatic heterocycles. The Morgan fingerprint density at radius 3 is 2.31 bits per heavy atom. The molecule has 162 valence electrons. The summed E-state index contributed by atoms with van der Waals surface area (Å²) < 4.78 is 0. The van der Waals surface area contributed by atoms with Crippen molar-refractivity contribution < 1.29 is 9.59 Å². The number of nitrogens with zero attached hydrogens (tertiary/aromatic N) is 1. The highest BCUT2D eigenvalue weighted by Gasteiger charge is 2.17. The highest BCUT2D eigenvalue weighted by Crippen LogP contribution is 2.22. The number of guanidine groups is 1. The smallest absolute Gasteiger partial charge is 0.251 e. The van der Waals surface area contributed by atoms with Crippen LogP contribution in [0, 0.1) is 5.41 Å². The standard InChI is InChI=1S/C22H37N5O2/c1-5-7-8-13-22(3,4)16-27-21(24-6-2)26-14-17-9-11-18(12-10-17)20(29)25-15-19(23)28/h9-12H,5-8,13-16H2,1-4H3,(H2,23,28)(H,25,29)(H2,24,26,27). The first-order chi connectivity index (χ1) is 13.8. The summed E-state index contributed by atoms with van der Waals surface area (Å²) in [4.78, 5) is 27.3. The van der Waals surface area contributed by atoms with Crippen LogP contribution >= 0.6 is 0 Å². The minimum Gasteiger partial charge on any atom is -0.368 e. The summed E-state index contributed by atoms with van der Waals surface area (Å²) >= 11 is 0. The molecule has 0 atom stereocenters. The van der Waals surface area contributed by atoms with Crippen molar-refractivity contribution in [1.82, 2.24) is 16.0 Å². The lowest BCUT2D eigenvalue weighted by Crippen LogP contribution is -2.42. The maximum atomic E-state index is 11.9. The summed E-state index contributed by atoms with van der Waals surface area (Å²) in [7, 11) is 0. The number of nitrogens with one attached hydrogen (secondary N) is 3. The fourth-order valence-electron chi connectivity index (χ4n) is 2.81. The van der Waals surface area contributed by atoms with Crippen LogP contribution in [0.4, 0.5) is 0 Å². The molecule has 0 saturated carbocycles. The second-order valence-corrected chi connectivity index (χ2v) is 8.02. The van der Waals surface area contributed by atoms with Gasteiger partial charge in [-0.25, -0.2) is 4.99 Å². The van der Waals surface area contributed by atoms with Gasteiger partial charge in [-0.3, -0.25) is 9.59 Å². The van der Waals surface area contributed by atoms with Crippen LogP contribution in [0.2, 0.25) is 0 Å². The van der Waals surface area contributed by atoms with Crippen molar-refractivity contribution in [3.63, 3.8) is 0 Å². The number of nitrogens with two attached hydrogens (primary N) is 1. The molecule has 29 heavy (non-hydrogen) atoms. The number of amides is 2. The maximum Gasteiger partial charge on any atom is 0.251 e. The zero-order valence-electron chi connectivity index (χ0n) is 18.3. The van der Waals surface area contributed by atoms with Gasteiger partial charge in [0.25, 0.3) is 5.91 Å². The van der Waals surface area contributed by atoms with Crippen LogP contribution in [-0.4, -0.2) is 37.4 Å². The molecular formula is C22H37N5O2. The number of carbonyl (C=O) groups is 2. The number of unbranched alkanes of at least 4 members (excludes halogenated alkanes) is 2. The van der Waals surface area contributed by atoms with Crippen molar-refractivity contribution in [2.75, 3.05) is 19.6 Å². The van der Waals surface area contributed by atoms with Gasteiger partial charge in [-0.2, -0.15) is 0 Å². The third-order valence-electron chi connectivity index (χ3n) is 4.59. The van der Waals surface area contributed by atoms with Gasteiger partial charge in [0.15, 0.2) is 5.96 Å². The van der Waals surface area contributed by atoms with E-state index in [0.717, 1.165) is 24.6 Å². The second-order valence-electron chi connectivity index (χ2n) is 8.02. The zero-order chi connectivity index (χ0) is 21.7. The predicted octanol–water partition coefficient (Wildman–Crippen LogP) is 2.56. The summed E-state index contributed by atoms with van der Waals surface area (Å²) in [5, 5.41) is 9.20. The average molecular weight is 404 g/mol. The van der Waals surface area contributed by atoms with Gasteiger partial charge < -0.3 is 21.7 Å². The molecule has 0 heterocycles. The third-order valence-corrected chi connectivity index (χ3v) is 4.59. The van der Waals surface area contributed by atoms with E-state index in [4.69, 9.17) is 5.73 Å². The Morgan fingerprint density at radius 1 is 1.03 bits per heavy atom. The summed E-state index contributed by atoms with van der Waals surface area (Å²) in [6.07, 6.45) is 4.94. The first-order valence-corrected chi connectivity index (χ1v) is 10.4. The Morgan fingerprint density at radius 2 is 1.72 bits per heavy atom. The van der Waals surface area contributed by atoms with Crippen molar-refractivity contribution in [1.29, 1.82) is 0 Å². The van der Waals surface area contributed by atoms with Gasteiger partial charge in [0.1, 0.15) is 0 Å². The normalized spacial score (nSPS) is 11.8. The molecule has 0 aliphatic carbocycles. The molecule has 2 amide bonds. The van der Waals surface area contributed by atoms with E-state index in [-0.39, 0.29) is 17.9 Å². The Kier molecular flexibility index (Phi) is 10.8. The van der Waals surface area contributed by atoms with Crippen LogP contribution in [0.3, 0.4) is 0 Å². The van der Waals surface area contributed by atoms with Crippen LogP contribution in [0.5, 0.6) is 0 Å². The van der Waals surface area contributed by atoms with Crippen LogP contribution < -0.4 is 21.7 Å². The number of carbonyl (C=O) groups excluding carboxylic acids is 2. The predicted molar refractivity (Wildman–Crippen MR) is 119 cm³/mol. The Balaban J connectivity index is 2.61. The van der Waals surface area contributed by atoms with Gasteiger partial charge in [0.2, 0.25) is 5.91 Å². The number of aliphatic imine (C=N–C) groups is 1. The molecule has 1 rings (SSSR count). The molecule has 1 aromatic carbocycles. The lowest BCUT2D eigenvalue weighted by atomic mass is 9.87. The molecule has 5 N–H and O–H groups in total. The molecule has 7 heteroatoms. The van der Waals surface area contributed by atoms with Gasteiger partial charge in [0.05, 0.1) is 13.1 Å². The zero-order valence-corrected chi connectivity index (χ0v) is 18.3. The SMILES string of the molecule is CCCCCC(C)(C)CNC(=NCc1ccc(C(=O)NCC(N)=O)cc1)NCC. The van der Waals surface area contributed by atoms with Crippen LogP contribution in [-0.2, 0) is 11.3 Å². The van der Waals surface area contributed by atoms with E-state index in [1.54, 1.807) is 12.1 Å². The highest BCUT2D eigenvalue weighted by molar-refractivity contribution is 5.96. The third kappa shape index (κ3) is 10.5. The van der Waals surface area contributed by atoms with E-state index in [2.05, 4.69) is 41.7 Å². The number of benzene rings is 1. The molecule has 0 radical (unpaired) electrons. The van der Waals surface area contributed by atoms with Crippen molar-refractivity contribution >= 4 is 17.8 Å². The number of primary amides is 1. The Bertz CT molecular complexity index is 668.